The Bertz CT molecular complexity index is 300. The van der Waals surface area contributed by atoms with Crippen LogP contribution in [0.25, 0.3) is 0 Å². The molecule has 0 amide bonds. The molecule has 90 valence electrons. The predicted octanol–water partition coefficient (Wildman–Crippen LogP) is -0.272. The van der Waals surface area contributed by atoms with Crippen molar-refractivity contribution < 1.29 is 23.9 Å². The van der Waals surface area contributed by atoms with Crippen LogP contribution in [0.15, 0.2) is 0 Å². The molecule has 2 aliphatic rings. The molecule has 2 fully saturated rings. The number of rotatable bonds is 2. The lowest BCUT2D eigenvalue weighted by molar-refractivity contribution is -0.169. The standard InChI is InChI=1S/C10H15NO5/c1-14-8(12)10(9(13)15-2)6-16-11-5-3-4-7(10)11/h7H,3-6H2,1-2H3. The number of nitrogens with zero attached hydrogens (tertiary/aromatic N) is 1. The minimum atomic E-state index is -1.31. The Balaban J connectivity index is 2.35. The third-order valence-electron chi connectivity index (χ3n) is 3.33. The fraction of sp³-hybridized carbons (Fsp3) is 0.800. The van der Waals surface area contributed by atoms with E-state index >= 15 is 0 Å². The number of hydroxylamine groups is 2. The second kappa shape index (κ2) is 4.03. The summed E-state index contributed by atoms with van der Waals surface area (Å²) in [6, 6.07) is -0.257. The monoisotopic (exact) mass is 229 g/mol. The summed E-state index contributed by atoms with van der Waals surface area (Å²) in [5.74, 6) is -1.15. The van der Waals surface area contributed by atoms with Crippen LogP contribution in [-0.2, 0) is 23.9 Å². The Hall–Kier alpha value is -1.14. The van der Waals surface area contributed by atoms with Gasteiger partial charge in [-0.1, -0.05) is 0 Å². The van der Waals surface area contributed by atoms with Crippen molar-refractivity contribution >= 4 is 11.9 Å². The van der Waals surface area contributed by atoms with Crippen LogP contribution in [0.5, 0.6) is 0 Å². The van der Waals surface area contributed by atoms with E-state index in [1.54, 1.807) is 5.06 Å². The second-order valence-electron chi connectivity index (χ2n) is 4.03. The smallest absolute Gasteiger partial charge is 0.327 e. The molecule has 0 spiro atoms. The molecule has 0 saturated carbocycles. The Morgan fingerprint density at radius 3 is 2.50 bits per heavy atom. The van der Waals surface area contributed by atoms with Gasteiger partial charge in [-0.25, -0.2) is 0 Å². The van der Waals surface area contributed by atoms with Gasteiger partial charge in [0.05, 0.1) is 26.9 Å². The third kappa shape index (κ3) is 1.33. The average molecular weight is 229 g/mol. The molecular weight excluding hydrogens is 214 g/mol. The molecule has 0 radical (unpaired) electrons. The SMILES string of the molecule is COC(=O)C1(C(=O)OC)CON2CCCC21. The molecule has 2 heterocycles. The minimum absolute atomic E-state index is 0.0109. The average Bonchev–Trinajstić information content (AvgIpc) is 2.88. The summed E-state index contributed by atoms with van der Waals surface area (Å²) < 4.78 is 9.44. The Morgan fingerprint density at radius 1 is 1.31 bits per heavy atom. The summed E-state index contributed by atoms with van der Waals surface area (Å²) in [4.78, 5) is 29.1. The van der Waals surface area contributed by atoms with Crippen molar-refractivity contribution in [1.29, 1.82) is 0 Å². The number of carbonyl (C=O) groups is 2. The van der Waals surface area contributed by atoms with Crippen molar-refractivity contribution in [3.8, 4) is 0 Å². The van der Waals surface area contributed by atoms with Crippen LogP contribution in [0.2, 0.25) is 0 Å². The zero-order chi connectivity index (χ0) is 11.8. The lowest BCUT2D eigenvalue weighted by atomic mass is 9.81. The quantitative estimate of drug-likeness (QED) is 0.479. The van der Waals surface area contributed by atoms with Crippen LogP contribution >= 0.6 is 0 Å². The predicted molar refractivity (Wildman–Crippen MR) is 52.1 cm³/mol. The number of ether oxygens (including phenoxy) is 2. The van der Waals surface area contributed by atoms with E-state index in [0.717, 1.165) is 19.4 Å². The van der Waals surface area contributed by atoms with Gasteiger partial charge in [-0.05, 0) is 12.8 Å². The van der Waals surface area contributed by atoms with Gasteiger partial charge in [0.2, 0.25) is 5.41 Å². The summed E-state index contributed by atoms with van der Waals surface area (Å²) in [6.07, 6.45) is 1.64. The fourth-order valence-corrected chi connectivity index (χ4v) is 2.51. The van der Waals surface area contributed by atoms with E-state index in [0.29, 0.717) is 0 Å². The van der Waals surface area contributed by atoms with Crippen LogP contribution in [0.3, 0.4) is 0 Å². The molecule has 0 aliphatic carbocycles. The first kappa shape index (κ1) is 11.3. The minimum Gasteiger partial charge on any atom is -0.468 e. The zero-order valence-electron chi connectivity index (χ0n) is 9.39. The van der Waals surface area contributed by atoms with E-state index in [2.05, 4.69) is 0 Å². The van der Waals surface area contributed by atoms with E-state index in [1.807, 2.05) is 0 Å². The van der Waals surface area contributed by atoms with Gasteiger partial charge in [-0.15, -0.1) is 0 Å². The van der Waals surface area contributed by atoms with Crippen LogP contribution in [0, 0.1) is 5.41 Å². The third-order valence-corrected chi connectivity index (χ3v) is 3.33. The topological polar surface area (TPSA) is 65.1 Å². The van der Waals surface area contributed by atoms with Gasteiger partial charge in [0.25, 0.3) is 0 Å². The van der Waals surface area contributed by atoms with Crippen molar-refractivity contribution in [2.24, 2.45) is 5.41 Å². The molecular formula is C10H15NO5. The van der Waals surface area contributed by atoms with Gasteiger partial charge in [-0.3, -0.25) is 14.4 Å². The molecule has 2 saturated heterocycles. The highest BCUT2D eigenvalue weighted by Gasteiger charge is 2.62. The molecule has 0 N–H and O–H groups in total. The number of esters is 2. The van der Waals surface area contributed by atoms with Gasteiger partial charge < -0.3 is 9.47 Å². The van der Waals surface area contributed by atoms with E-state index in [9.17, 15) is 9.59 Å². The molecule has 2 rings (SSSR count). The van der Waals surface area contributed by atoms with Crippen LogP contribution in [0.1, 0.15) is 12.8 Å². The van der Waals surface area contributed by atoms with Gasteiger partial charge in [-0.2, -0.15) is 5.06 Å². The lowest BCUT2D eigenvalue weighted by Crippen LogP contribution is -2.50. The number of hydrogen-bond donors (Lipinski definition) is 0. The molecule has 0 aromatic carbocycles. The maximum Gasteiger partial charge on any atom is 0.327 e. The van der Waals surface area contributed by atoms with E-state index in [-0.39, 0.29) is 12.6 Å². The molecule has 2 aliphatic heterocycles. The van der Waals surface area contributed by atoms with Crippen molar-refractivity contribution in [3.63, 3.8) is 0 Å². The molecule has 0 bridgehead atoms. The van der Waals surface area contributed by atoms with Gasteiger partial charge in [0, 0.05) is 6.54 Å². The second-order valence-corrected chi connectivity index (χ2v) is 4.03. The number of fused-ring (bicyclic) bond motifs is 1. The highest BCUT2D eigenvalue weighted by Crippen LogP contribution is 2.41. The van der Waals surface area contributed by atoms with Gasteiger partial charge in [0.15, 0.2) is 0 Å². The Labute approximate surface area is 93.4 Å². The van der Waals surface area contributed by atoms with Crippen molar-refractivity contribution in [3.05, 3.63) is 0 Å². The molecule has 6 heteroatoms. The summed E-state index contributed by atoms with van der Waals surface area (Å²) in [5.41, 5.74) is -1.31. The zero-order valence-corrected chi connectivity index (χ0v) is 9.39. The molecule has 1 atom stereocenters. The highest BCUT2D eigenvalue weighted by atomic mass is 16.7. The Kier molecular flexibility index (Phi) is 2.86. The van der Waals surface area contributed by atoms with Crippen molar-refractivity contribution in [1.82, 2.24) is 5.06 Å². The van der Waals surface area contributed by atoms with Crippen LogP contribution < -0.4 is 0 Å². The highest BCUT2D eigenvalue weighted by molar-refractivity contribution is 6.01. The first-order valence-corrected chi connectivity index (χ1v) is 5.23. The first-order chi connectivity index (χ1) is 7.66. The van der Waals surface area contributed by atoms with E-state index in [1.165, 1.54) is 14.2 Å². The fourth-order valence-electron chi connectivity index (χ4n) is 2.51. The van der Waals surface area contributed by atoms with Crippen molar-refractivity contribution in [2.75, 3.05) is 27.4 Å². The summed E-state index contributed by atoms with van der Waals surface area (Å²) >= 11 is 0. The summed E-state index contributed by atoms with van der Waals surface area (Å²) in [6.45, 7) is 0.747. The maximum absolute atomic E-state index is 11.8. The largest absolute Gasteiger partial charge is 0.468 e. The van der Waals surface area contributed by atoms with Gasteiger partial charge in [0.1, 0.15) is 0 Å². The number of hydrogen-bond acceptors (Lipinski definition) is 6. The molecule has 0 aromatic rings. The van der Waals surface area contributed by atoms with E-state index in [4.69, 9.17) is 14.3 Å². The molecule has 0 aromatic heterocycles. The van der Waals surface area contributed by atoms with Crippen LogP contribution in [0.4, 0.5) is 0 Å². The molecule has 1 unspecified atom stereocenters. The van der Waals surface area contributed by atoms with Crippen LogP contribution in [-0.4, -0.2) is 50.4 Å². The first-order valence-electron chi connectivity index (χ1n) is 5.23. The molecule has 16 heavy (non-hydrogen) atoms. The molecule has 6 nitrogen and oxygen atoms in total. The summed E-state index contributed by atoms with van der Waals surface area (Å²) in [5, 5.41) is 1.69. The maximum atomic E-state index is 11.8. The normalized spacial score (nSPS) is 27.5. The van der Waals surface area contributed by atoms with Crippen molar-refractivity contribution in [2.45, 2.75) is 18.9 Å². The number of carbonyl (C=O) groups excluding carboxylic acids is 2. The van der Waals surface area contributed by atoms with E-state index < -0.39 is 17.4 Å². The lowest BCUT2D eigenvalue weighted by Gasteiger charge is -2.26. The summed E-state index contributed by atoms with van der Waals surface area (Å²) in [7, 11) is 2.54. The number of methoxy groups -OCH3 is 2. The van der Waals surface area contributed by atoms with Gasteiger partial charge >= 0.3 is 11.9 Å². The Morgan fingerprint density at radius 2 is 1.94 bits per heavy atom.